The summed E-state index contributed by atoms with van der Waals surface area (Å²) in [6.45, 7) is 11.1. The molecule has 1 aliphatic rings. The fraction of sp³-hybridized carbons (Fsp3) is 0.250. The zero-order chi connectivity index (χ0) is 16.3. The molecule has 1 aromatic carbocycles. The van der Waals surface area contributed by atoms with Crippen molar-refractivity contribution in [2.75, 3.05) is 13.7 Å². The molecule has 0 aliphatic carbocycles. The summed E-state index contributed by atoms with van der Waals surface area (Å²) in [4.78, 5) is 22.1. The molecule has 0 unspecified atom stereocenters. The van der Waals surface area contributed by atoms with E-state index in [1.165, 1.54) is 18.7 Å². The van der Waals surface area contributed by atoms with E-state index in [-0.39, 0.29) is 11.7 Å². The molecular weight excluding hydrogens is 270 g/mol. The van der Waals surface area contributed by atoms with Gasteiger partial charge in [0.05, 0.1) is 7.11 Å². The number of phenolic OH excluding ortho intramolecular Hbond substituents is 1. The fourth-order valence-electron chi connectivity index (χ4n) is 1.86. The highest BCUT2D eigenvalue weighted by Crippen LogP contribution is 2.23. The number of carbonyl (C=O) groups excluding carboxylic acids is 2. The smallest absolute Gasteiger partial charge is 0.292 e. The zero-order valence-electron chi connectivity index (χ0n) is 12.2. The van der Waals surface area contributed by atoms with E-state index in [1.54, 1.807) is 17.0 Å². The predicted octanol–water partition coefficient (Wildman–Crippen LogP) is 2.05. The lowest BCUT2D eigenvalue weighted by Gasteiger charge is -2.27. The van der Waals surface area contributed by atoms with Gasteiger partial charge >= 0.3 is 0 Å². The van der Waals surface area contributed by atoms with Crippen molar-refractivity contribution in [2.24, 2.45) is 0 Å². The minimum atomic E-state index is -0.0519. The Kier molecular flexibility index (Phi) is 9.00. The van der Waals surface area contributed by atoms with Gasteiger partial charge in [-0.15, -0.1) is 13.2 Å². The molecule has 0 saturated carbocycles. The topological polar surface area (TPSA) is 66.8 Å². The molecule has 1 N–H and O–H groups in total. The number of nitrogens with zero attached hydrogens (tertiary/aromatic N) is 1. The highest BCUT2D eigenvalue weighted by molar-refractivity contribution is 5.87. The molecule has 0 saturated heterocycles. The molecule has 0 aromatic heterocycles. The highest BCUT2D eigenvalue weighted by Gasteiger charge is 2.18. The summed E-state index contributed by atoms with van der Waals surface area (Å²) in [5.41, 5.74) is 2.23. The number of amides is 1. The number of aromatic hydroxyl groups is 1. The van der Waals surface area contributed by atoms with Crippen molar-refractivity contribution in [3.8, 4) is 5.75 Å². The Labute approximate surface area is 125 Å². The molecule has 5 nitrogen and oxygen atoms in total. The Morgan fingerprint density at radius 1 is 1.38 bits per heavy atom. The number of ether oxygens (including phenoxy) is 1. The van der Waals surface area contributed by atoms with E-state index < -0.39 is 0 Å². The van der Waals surface area contributed by atoms with E-state index in [0.29, 0.717) is 13.0 Å². The van der Waals surface area contributed by atoms with Crippen LogP contribution in [0.4, 0.5) is 0 Å². The maximum Gasteiger partial charge on any atom is 0.292 e. The van der Waals surface area contributed by atoms with Gasteiger partial charge in [0.2, 0.25) is 5.91 Å². The Morgan fingerprint density at radius 2 is 2.00 bits per heavy atom. The highest BCUT2D eigenvalue weighted by atomic mass is 16.5. The molecule has 1 amide bonds. The van der Waals surface area contributed by atoms with Gasteiger partial charge in [-0.2, -0.15) is 0 Å². The van der Waals surface area contributed by atoms with Crippen LogP contribution in [0.15, 0.2) is 44.0 Å². The SMILES string of the molecule is C=C.C=CC(=O)N1CCc2ccc(O)cc2C1.COC=O. The number of fused-ring (bicyclic) bond motifs is 1. The zero-order valence-corrected chi connectivity index (χ0v) is 12.2. The Bertz CT molecular complexity index is 485. The summed E-state index contributed by atoms with van der Waals surface area (Å²) >= 11 is 0. The van der Waals surface area contributed by atoms with Gasteiger partial charge in [0.15, 0.2) is 0 Å². The van der Waals surface area contributed by atoms with Crippen molar-refractivity contribution >= 4 is 12.4 Å². The van der Waals surface area contributed by atoms with Gasteiger partial charge in [0.25, 0.3) is 6.47 Å². The molecule has 0 bridgehead atoms. The number of methoxy groups -OCH3 is 1. The third-order valence-electron chi connectivity index (χ3n) is 2.78. The monoisotopic (exact) mass is 291 g/mol. The quantitative estimate of drug-likeness (QED) is 0.514. The molecule has 1 aromatic rings. The maximum absolute atomic E-state index is 11.4. The number of carbonyl (C=O) groups is 2. The first-order valence-electron chi connectivity index (χ1n) is 6.31. The van der Waals surface area contributed by atoms with Crippen LogP contribution in [0.5, 0.6) is 5.75 Å². The normalized spacial score (nSPS) is 11.6. The van der Waals surface area contributed by atoms with Crippen LogP contribution in [0, 0.1) is 0 Å². The van der Waals surface area contributed by atoms with Crippen molar-refractivity contribution in [1.29, 1.82) is 0 Å². The lowest BCUT2D eigenvalue weighted by molar-refractivity contribution is -0.127. The average molecular weight is 291 g/mol. The summed E-state index contributed by atoms with van der Waals surface area (Å²) in [6, 6.07) is 5.32. The molecule has 0 spiro atoms. The minimum Gasteiger partial charge on any atom is -0.508 e. The van der Waals surface area contributed by atoms with Gasteiger partial charge in [0.1, 0.15) is 5.75 Å². The molecule has 0 fully saturated rings. The standard InChI is InChI=1S/C12H13NO2.C2H4O2.C2H4/c1-2-12(15)13-6-5-9-3-4-11(14)7-10(9)8-13;1-4-2-3;1-2/h2-4,7,14H,1,5-6,8H2;2H,1H3;1-2H2. The molecule has 0 radical (unpaired) electrons. The Morgan fingerprint density at radius 3 is 2.52 bits per heavy atom. The third kappa shape index (κ3) is 5.95. The summed E-state index contributed by atoms with van der Waals surface area (Å²) in [5.74, 6) is 0.200. The van der Waals surface area contributed by atoms with Crippen molar-refractivity contribution in [3.63, 3.8) is 0 Å². The molecule has 0 atom stereocenters. The van der Waals surface area contributed by atoms with E-state index in [4.69, 9.17) is 4.79 Å². The van der Waals surface area contributed by atoms with Crippen LogP contribution in [0.3, 0.4) is 0 Å². The minimum absolute atomic E-state index is 0.0519. The van der Waals surface area contributed by atoms with Crippen LogP contribution in [0.2, 0.25) is 0 Å². The van der Waals surface area contributed by atoms with Crippen LogP contribution in [0.25, 0.3) is 0 Å². The Hall–Kier alpha value is -2.56. The maximum atomic E-state index is 11.4. The van der Waals surface area contributed by atoms with E-state index in [9.17, 15) is 9.90 Å². The second-order valence-corrected chi connectivity index (χ2v) is 4.00. The van der Waals surface area contributed by atoms with Gasteiger partial charge in [-0.25, -0.2) is 0 Å². The number of phenols is 1. The largest absolute Gasteiger partial charge is 0.508 e. The summed E-state index contributed by atoms with van der Waals surface area (Å²) in [7, 11) is 1.31. The van der Waals surface area contributed by atoms with Gasteiger partial charge < -0.3 is 14.7 Å². The van der Waals surface area contributed by atoms with E-state index in [0.717, 1.165) is 18.5 Å². The second-order valence-electron chi connectivity index (χ2n) is 4.00. The van der Waals surface area contributed by atoms with Crippen molar-refractivity contribution in [2.45, 2.75) is 13.0 Å². The number of benzene rings is 1. The molecule has 1 aliphatic heterocycles. The van der Waals surface area contributed by atoms with Crippen LogP contribution in [-0.4, -0.2) is 36.0 Å². The van der Waals surface area contributed by atoms with Gasteiger partial charge in [-0.1, -0.05) is 12.6 Å². The molecule has 2 rings (SSSR count). The van der Waals surface area contributed by atoms with Crippen molar-refractivity contribution in [1.82, 2.24) is 4.90 Å². The number of hydrogen-bond donors (Lipinski definition) is 1. The summed E-state index contributed by atoms with van der Waals surface area (Å²) in [5, 5.41) is 9.35. The number of rotatable bonds is 2. The lowest BCUT2D eigenvalue weighted by atomic mass is 9.99. The fourth-order valence-corrected chi connectivity index (χ4v) is 1.86. The average Bonchev–Trinajstić information content (AvgIpc) is 2.55. The van der Waals surface area contributed by atoms with E-state index in [1.807, 2.05) is 6.07 Å². The summed E-state index contributed by atoms with van der Waals surface area (Å²) in [6.07, 6.45) is 2.17. The molecular formula is C16H21NO4. The predicted molar refractivity (Wildman–Crippen MR) is 81.8 cm³/mol. The lowest BCUT2D eigenvalue weighted by Crippen LogP contribution is -2.34. The summed E-state index contributed by atoms with van der Waals surface area (Å²) < 4.78 is 3.86. The van der Waals surface area contributed by atoms with Crippen molar-refractivity contribution < 1.29 is 19.4 Å². The first-order chi connectivity index (χ1) is 10.1. The van der Waals surface area contributed by atoms with Gasteiger partial charge in [-0.05, 0) is 35.8 Å². The molecule has 21 heavy (non-hydrogen) atoms. The van der Waals surface area contributed by atoms with Crippen LogP contribution >= 0.6 is 0 Å². The van der Waals surface area contributed by atoms with Crippen LogP contribution < -0.4 is 0 Å². The molecule has 1 heterocycles. The molecule has 5 heteroatoms. The first kappa shape index (κ1) is 18.4. The van der Waals surface area contributed by atoms with Crippen LogP contribution in [-0.2, 0) is 27.3 Å². The molecule has 114 valence electrons. The third-order valence-corrected chi connectivity index (χ3v) is 2.78. The number of hydrogen-bond acceptors (Lipinski definition) is 4. The second kappa shape index (κ2) is 10.3. The Balaban J connectivity index is 0.000000579. The van der Waals surface area contributed by atoms with Gasteiger partial charge in [0, 0.05) is 13.1 Å². The van der Waals surface area contributed by atoms with E-state index >= 15 is 0 Å². The van der Waals surface area contributed by atoms with Gasteiger partial charge in [-0.3, -0.25) is 9.59 Å². The van der Waals surface area contributed by atoms with E-state index in [2.05, 4.69) is 24.5 Å². The van der Waals surface area contributed by atoms with Crippen LogP contribution in [0.1, 0.15) is 11.1 Å². The first-order valence-corrected chi connectivity index (χ1v) is 6.31. The van der Waals surface area contributed by atoms with Crippen molar-refractivity contribution in [3.05, 3.63) is 55.1 Å².